The summed E-state index contributed by atoms with van der Waals surface area (Å²) >= 11 is 0. The molecular formula is C18H15N3O3. The fraction of sp³-hybridized carbons (Fsp3) is 0.0556. The molecule has 0 saturated heterocycles. The van der Waals surface area contributed by atoms with Crippen LogP contribution >= 0.6 is 0 Å². The number of hydrogen-bond donors (Lipinski definition) is 1. The lowest BCUT2D eigenvalue weighted by Crippen LogP contribution is -1.97. The zero-order valence-corrected chi connectivity index (χ0v) is 13.0. The molecule has 0 bridgehead atoms. The van der Waals surface area contributed by atoms with Gasteiger partial charge in [-0.15, -0.1) is 0 Å². The molecule has 3 rings (SSSR count). The number of nitrogens with one attached hydrogen (secondary N) is 1. The molecule has 0 amide bonds. The molecule has 0 fully saturated rings. The number of para-hydroxylation sites is 2. The summed E-state index contributed by atoms with van der Waals surface area (Å²) in [6.45, 7) is 0. The van der Waals surface area contributed by atoms with Crippen LogP contribution in [0.2, 0.25) is 0 Å². The predicted octanol–water partition coefficient (Wildman–Crippen LogP) is 4.20. The molecule has 0 aliphatic carbocycles. The first-order valence-corrected chi connectivity index (χ1v) is 7.29. The molecule has 0 heterocycles. The highest BCUT2D eigenvalue weighted by Gasteiger charge is 2.11. The van der Waals surface area contributed by atoms with Crippen molar-refractivity contribution < 1.29 is 9.66 Å². The topological polar surface area (TPSA) is 76.8 Å². The first-order chi connectivity index (χ1) is 11.7. The second-order valence-corrected chi connectivity index (χ2v) is 5.05. The Morgan fingerprint density at radius 1 is 1.04 bits per heavy atom. The average molecular weight is 321 g/mol. The SMILES string of the molecule is COc1ccc(/C=N\Nc2ccccc2[N+](=O)[O-])c2ccccc12. The number of fused-ring (bicyclic) bond motifs is 1. The first-order valence-electron chi connectivity index (χ1n) is 7.29. The molecule has 0 aromatic heterocycles. The van der Waals surface area contributed by atoms with Crippen LogP contribution in [0.1, 0.15) is 5.56 Å². The minimum Gasteiger partial charge on any atom is -0.496 e. The van der Waals surface area contributed by atoms with Crippen LogP contribution in [0.4, 0.5) is 11.4 Å². The van der Waals surface area contributed by atoms with Crippen molar-refractivity contribution in [1.82, 2.24) is 0 Å². The maximum Gasteiger partial charge on any atom is 0.294 e. The fourth-order valence-corrected chi connectivity index (χ4v) is 2.48. The third kappa shape index (κ3) is 3.03. The molecule has 0 spiro atoms. The summed E-state index contributed by atoms with van der Waals surface area (Å²) in [6.07, 6.45) is 1.64. The molecular weight excluding hydrogens is 306 g/mol. The molecule has 0 unspecified atom stereocenters. The van der Waals surface area contributed by atoms with Gasteiger partial charge in [0.15, 0.2) is 0 Å². The normalized spacial score (nSPS) is 10.9. The van der Waals surface area contributed by atoms with E-state index < -0.39 is 4.92 Å². The largest absolute Gasteiger partial charge is 0.496 e. The molecule has 0 saturated carbocycles. The Morgan fingerprint density at radius 3 is 2.50 bits per heavy atom. The fourth-order valence-electron chi connectivity index (χ4n) is 2.48. The van der Waals surface area contributed by atoms with Crippen LogP contribution in [0.25, 0.3) is 10.8 Å². The number of ether oxygens (including phenoxy) is 1. The highest BCUT2D eigenvalue weighted by Crippen LogP contribution is 2.28. The summed E-state index contributed by atoms with van der Waals surface area (Å²) in [5.74, 6) is 0.786. The van der Waals surface area contributed by atoms with Gasteiger partial charge in [-0.05, 0) is 23.6 Å². The number of nitrogens with zero attached hydrogens (tertiary/aromatic N) is 2. The van der Waals surface area contributed by atoms with E-state index in [9.17, 15) is 10.1 Å². The Morgan fingerprint density at radius 2 is 1.75 bits per heavy atom. The second kappa shape index (κ2) is 6.78. The van der Waals surface area contributed by atoms with Crippen LogP contribution in [-0.2, 0) is 0 Å². The number of methoxy groups -OCH3 is 1. The third-order valence-corrected chi connectivity index (χ3v) is 3.63. The zero-order chi connectivity index (χ0) is 16.9. The van der Waals surface area contributed by atoms with Crippen molar-refractivity contribution in [3.63, 3.8) is 0 Å². The lowest BCUT2D eigenvalue weighted by atomic mass is 10.0. The van der Waals surface area contributed by atoms with Crippen LogP contribution in [0.15, 0.2) is 65.8 Å². The molecule has 6 heteroatoms. The summed E-state index contributed by atoms with van der Waals surface area (Å²) in [7, 11) is 1.63. The smallest absolute Gasteiger partial charge is 0.294 e. The number of anilines is 1. The van der Waals surface area contributed by atoms with Crippen LogP contribution in [-0.4, -0.2) is 18.2 Å². The summed E-state index contributed by atoms with van der Waals surface area (Å²) in [6, 6.07) is 18.0. The molecule has 0 aliphatic rings. The van der Waals surface area contributed by atoms with E-state index in [0.29, 0.717) is 5.69 Å². The van der Waals surface area contributed by atoms with Gasteiger partial charge in [-0.2, -0.15) is 5.10 Å². The number of nitro benzene ring substituents is 1. The lowest BCUT2D eigenvalue weighted by molar-refractivity contribution is -0.384. The van der Waals surface area contributed by atoms with E-state index in [4.69, 9.17) is 4.74 Å². The molecule has 0 radical (unpaired) electrons. The van der Waals surface area contributed by atoms with Crippen LogP contribution < -0.4 is 10.2 Å². The third-order valence-electron chi connectivity index (χ3n) is 3.63. The predicted molar refractivity (Wildman–Crippen MR) is 94.8 cm³/mol. The second-order valence-electron chi connectivity index (χ2n) is 5.05. The van der Waals surface area contributed by atoms with E-state index in [1.54, 1.807) is 31.5 Å². The monoisotopic (exact) mass is 321 g/mol. The van der Waals surface area contributed by atoms with Gasteiger partial charge >= 0.3 is 0 Å². The Kier molecular flexibility index (Phi) is 4.38. The van der Waals surface area contributed by atoms with Gasteiger partial charge in [0, 0.05) is 17.0 Å². The van der Waals surface area contributed by atoms with Crippen molar-refractivity contribution >= 4 is 28.4 Å². The Bertz CT molecular complexity index is 922. The molecule has 0 aliphatic heterocycles. The van der Waals surface area contributed by atoms with Crippen molar-refractivity contribution in [2.45, 2.75) is 0 Å². The summed E-state index contributed by atoms with van der Waals surface area (Å²) in [5, 5.41) is 17.1. The van der Waals surface area contributed by atoms with Gasteiger partial charge in [0.05, 0.1) is 18.2 Å². The maximum absolute atomic E-state index is 11.0. The highest BCUT2D eigenvalue weighted by atomic mass is 16.6. The van der Waals surface area contributed by atoms with E-state index in [1.165, 1.54) is 6.07 Å². The van der Waals surface area contributed by atoms with Gasteiger partial charge in [0.25, 0.3) is 5.69 Å². The Balaban J connectivity index is 1.91. The maximum atomic E-state index is 11.0. The summed E-state index contributed by atoms with van der Waals surface area (Å²) < 4.78 is 5.36. The van der Waals surface area contributed by atoms with Crippen LogP contribution in [0.5, 0.6) is 5.75 Å². The minimum absolute atomic E-state index is 0.0192. The average Bonchev–Trinajstić information content (AvgIpc) is 2.62. The molecule has 24 heavy (non-hydrogen) atoms. The number of nitro groups is 1. The Hall–Kier alpha value is -3.41. The van der Waals surface area contributed by atoms with E-state index in [2.05, 4.69) is 10.5 Å². The number of benzene rings is 3. The van der Waals surface area contributed by atoms with Crippen molar-refractivity contribution in [3.8, 4) is 5.75 Å². The quantitative estimate of drug-likeness (QED) is 0.434. The summed E-state index contributed by atoms with van der Waals surface area (Å²) in [5.41, 5.74) is 3.94. The van der Waals surface area contributed by atoms with Crippen molar-refractivity contribution in [3.05, 3.63) is 76.3 Å². The highest BCUT2D eigenvalue weighted by molar-refractivity contribution is 6.02. The van der Waals surface area contributed by atoms with Gasteiger partial charge in [0.2, 0.25) is 0 Å². The van der Waals surface area contributed by atoms with E-state index in [-0.39, 0.29) is 5.69 Å². The van der Waals surface area contributed by atoms with Crippen molar-refractivity contribution in [2.24, 2.45) is 5.10 Å². The summed E-state index contributed by atoms with van der Waals surface area (Å²) in [4.78, 5) is 10.6. The minimum atomic E-state index is -0.444. The number of hydrogen-bond acceptors (Lipinski definition) is 5. The molecule has 0 atom stereocenters. The standard InChI is InChI=1S/C18H15N3O3/c1-24-18-11-10-13(14-6-2-3-7-15(14)18)12-19-20-16-8-4-5-9-17(16)21(22)23/h2-12,20H,1H3/b19-12-. The Labute approximate surface area is 138 Å². The van der Waals surface area contributed by atoms with Gasteiger partial charge in [0.1, 0.15) is 11.4 Å². The van der Waals surface area contributed by atoms with E-state index in [1.807, 2.05) is 36.4 Å². The molecule has 3 aromatic rings. The van der Waals surface area contributed by atoms with Gasteiger partial charge in [-0.25, -0.2) is 0 Å². The van der Waals surface area contributed by atoms with Crippen LogP contribution in [0.3, 0.4) is 0 Å². The van der Waals surface area contributed by atoms with Crippen molar-refractivity contribution in [2.75, 3.05) is 12.5 Å². The van der Waals surface area contributed by atoms with E-state index >= 15 is 0 Å². The molecule has 6 nitrogen and oxygen atoms in total. The van der Waals surface area contributed by atoms with Gasteiger partial charge < -0.3 is 4.74 Å². The van der Waals surface area contributed by atoms with E-state index in [0.717, 1.165) is 22.1 Å². The first kappa shape index (κ1) is 15.5. The van der Waals surface area contributed by atoms with Crippen molar-refractivity contribution in [1.29, 1.82) is 0 Å². The number of rotatable bonds is 5. The number of hydrazone groups is 1. The zero-order valence-electron chi connectivity index (χ0n) is 13.0. The van der Waals surface area contributed by atoms with Gasteiger partial charge in [-0.3, -0.25) is 15.5 Å². The lowest BCUT2D eigenvalue weighted by Gasteiger charge is -2.07. The molecule has 1 N–H and O–H groups in total. The van der Waals surface area contributed by atoms with Gasteiger partial charge in [-0.1, -0.05) is 36.4 Å². The molecule has 120 valence electrons. The molecule has 3 aromatic carbocycles. The van der Waals surface area contributed by atoms with Crippen LogP contribution in [0, 0.1) is 10.1 Å².